The molecule has 0 saturated carbocycles. The van der Waals surface area contributed by atoms with E-state index in [9.17, 15) is 13.2 Å². The molecular weight excluding hydrogens is 482 g/mol. The molecule has 3 aromatic carbocycles. The van der Waals surface area contributed by atoms with Crippen molar-refractivity contribution >= 4 is 21.9 Å². The number of hydrogen-bond acceptors (Lipinski definition) is 8. The Balaban J connectivity index is 1.67. The fraction of sp³-hybridized carbons (Fsp3) is 0.160. The van der Waals surface area contributed by atoms with Crippen LogP contribution < -0.4 is 10.5 Å². The number of nitrogen functional groups attached to an aromatic ring is 1. The fourth-order valence-corrected chi connectivity index (χ4v) is 4.58. The third kappa shape index (κ3) is 5.47. The molecule has 11 heteroatoms. The second-order valence-corrected chi connectivity index (χ2v) is 9.69. The van der Waals surface area contributed by atoms with Crippen LogP contribution in [-0.2, 0) is 27.9 Å². The van der Waals surface area contributed by atoms with Gasteiger partial charge in [0, 0.05) is 0 Å². The molecule has 1 aromatic heterocycles. The number of aryl methyl sites for hydroxylation is 1. The lowest BCUT2D eigenvalue weighted by molar-refractivity contribution is 0.117. The maximum absolute atomic E-state index is 13.6. The number of rotatable bonds is 8. The first-order valence-corrected chi connectivity index (χ1v) is 12.4. The molecule has 10 nitrogen and oxygen atoms in total. The molecule has 0 saturated heterocycles. The zero-order valence-corrected chi connectivity index (χ0v) is 20.6. The average molecular weight is 508 g/mol. The van der Waals surface area contributed by atoms with E-state index in [1.165, 1.54) is 7.11 Å². The summed E-state index contributed by atoms with van der Waals surface area (Å²) in [5.74, 6) is 0.247. The van der Waals surface area contributed by atoms with Crippen LogP contribution in [0.1, 0.15) is 16.7 Å². The van der Waals surface area contributed by atoms with Gasteiger partial charge in [0.1, 0.15) is 12.4 Å². The van der Waals surface area contributed by atoms with Crippen molar-refractivity contribution in [1.82, 2.24) is 19.3 Å². The maximum atomic E-state index is 13.6. The molecule has 0 atom stereocenters. The average Bonchev–Trinajstić information content (AvgIpc) is 3.29. The van der Waals surface area contributed by atoms with Crippen LogP contribution in [0.4, 0.5) is 10.6 Å². The van der Waals surface area contributed by atoms with Crippen LogP contribution >= 0.6 is 0 Å². The van der Waals surface area contributed by atoms with Gasteiger partial charge in [0.2, 0.25) is 5.03 Å². The predicted molar refractivity (Wildman–Crippen MR) is 133 cm³/mol. The number of sulfonamides is 1. The highest BCUT2D eigenvalue weighted by Crippen LogP contribution is 2.24. The van der Waals surface area contributed by atoms with E-state index in [2.05, 4.69) is 10.2 Å². The summed E-state index contributed by atoms with van der Waals surface area (Å²) in [5.41, 5.74) is 8.72. The number of methoxy groups -OCH3 is 1. The largest absolute Gasteiger partial charge is 0.497 e. The highest BCUT2D eigenvalue weighted by Gasteiger charge is 2.36. The van der Waals surface area contributed by atoms with Crippen LogP contribution in [-0.4, -0.2) is 40.9 Å². The molecule has 4 rings (SSSR count). The fourth-order valence-electron chi connectivity index (χ4n) is 3.32. The van der Waals surface area contributed by atoms with Crippen LogP contribution in [0.3, 0.4) is 0 Å². The Kier molecular flexibility index (Phi) is 7.20. The molecule has 2 N–H and O–H groups in total. The first-order valence-electron chi connectivity index (χ1n) is 10.9. The normalized spacial score (nSPS) is 11.2. The van der Waals surface area contributed by atoms with Crippen molar-refractivity contribution in [1.29, 1.82) is 0 Å². The van der Waals surface area contributed by atoms with Gasteiger partial charge in [-0.05, 0) is 42.3 Å². The third-order valence-corrected chi connectivity index (χ3v) is 6.94. The van der Waals surface area contributed by atoms with Gasteiger partial charge >= 0.3 is 6.09 Å². The number of nitrogens with two attached hydrogens (primary N) is 1. The minimum atomic E-state index is -4.54. The summed E-state index contributed by atoms with van der Waals surface area (Å²) in [6, 6.07) is 22.7. The summed E-state index contributed by atoms with van der Waals surface area (Å²) in [7, 11) is -3.02. The zero-order valence-electron chi connectivity index (χ0n) is 19.7. The van der Waals surface area contributed by atoms with Gasteiger partial charge in [0.25, 0.3) is 10.0 Å². The molecule has 0 fully saturated rings. The lowest BCUT2D eigenvalue weighted by Gasteiger charge is -2.21. The minimum Gasteiger partial charge on any atom is -0.497 e. The number of anilines is 1. The molecule has 186 valence electrons. The van der Waals surface area contributed by atoms with Crippen molar-refractivity contribution in [3.05, 3.63) is 95.6 Å². The molecule has 4 aromatic rings. The number of carbonyl (C=O) groups is 1. The smallest absolute Gasteiger partial charge is 0.424 e. The molecule has 36 heavy (non-hydrogen) atoms. The lowest BCUT2D eigenvalue weighted by Crippen LogP contribution is -2.37. The SMILES string of the molecule is COc1ccc(CN(C(=O)OCc2ccccc2)S(=O)(=O)c2nn(-c3ccc(C)cc3)nc2N)cc1. The van der Waals surface area contributed by atoms with Gasteiger partial charge in [-0.3, -0.25) is 0 Å². The number of aromatic nitrogens is 3. The monoisotopic (exact) mass is 507 g/mol. The molecule has 0 radical (unpaired) electrons. The van der Waals surface area contributed by atoms with E-state index in [1.54, 1.807) is 60.7 Å². The molecule has 0 aliphatic carbocycles. The van der Waals surface area contributed by atoms with E-state index < -0.39 is 21.1 Å². The number of nitrogens with zero attached hydrogens (tertiary/aromatic N) is 4. The van der Waals surface area contributed by atoms with Crippen molar-refractivity contribution in [2.24, 2.45) is 0 Å². The van der Waals surface area contributed by atoms with Crippen molar-refractivity contribution in [2.75, 3.05) is 12.8 Å². The topological polar surface area (TPSA) is 130 Å². The van der Waals surface area contributed by atoms with Gasteiger partial charge in [0.15, 0.2) is 5.82 Å². The molecule has 0 unspecified atom stereocenters. The Morgan fingerprint density at radius 2 is 1.61 bits per heavy atom. The van der Waals surface area contributed by atoms with Crippen LogP contribution in [0, 0.1) is 6.92 Å². The highest BCUT2D eigenvalue weighted by molar-refractivity contribution is 7.89. The number of amides is 1. The molecule has 0 aliphatic rings. The Labute approximate surface area is 208 Å². The van der Waals surface area contributed by atoms with E-state index in [0.717, 1.165) is 10.4 Å². The van der Waals surface area contributed by atoms with Gasteiger partial charge in [-0.2, -0.15) is 12.7 Å². The van der Waals surface area contributed by atoms with Crippen molar-refractivity contribution in [2.45, 2.75) is 25.1 Å². The van der Waals surface area contributed by atoms with Gasteiger partial charge in [0.05, 0.1) is 19.3 Å². The van der Waals surface area contributed by atoms with Crippen molar-refractivity contribution in [3.63, 3.8) is 0 Å². The molecule has 0 spiro atoms. The Hall–Kier alpha value is -4.38. The van der Waals surface area contributed by atoms with Crippen LogP contribution in [0.15, 0.2) is 83.9 Å². The quantitative estimate of drug-likeness (QED) is 0.382. The molecular formula is C25H25N5O5S. The molecule has 0 bridgehead atoms. The standard InChI is InChI=1S/C25H25N5O5S/c1-18-8-12-21(13-9-18)30-27-23(26)24(28-30)36(32,33)29(16-19-10-14-22(34-2)15-11-19)25(31)35-17-20-6-4-3-5-7-20/h3-15H,16-17H2,1-2H3,(H2,26,27). The Morgan fingerprint density at radius 1 is 0.944 bits per heavy atom. The molecule has 1 heterocycles. The van der Waals surface area contributed by atoms with E-state index in [1.807, 2.05) is 25.1 Å². The first kappa shape index (κ1) is 24.7. The lowest BCUT2D eigenvalue weighted by atomic mass is 10.2. The Bertz CT molecular complexity index is 1440. The van der Waals surface area contributed by atoms with Gasteiger partial charge in [-0.15, -0.1) is 15.0 Å². The minimum absolute atomic E-state index is 0.111. The maximum Gasteiger partial charge on any atom is 0.424 e. The Morgan fingerprint density at radius 3 is 2.25 bits per heavy atom. The van der Waals surface area contributed by atoms with Crippen LogP contribution in [0.25, 0.3) is 5.69 Å². The summed E-state index contributed by atoms with van der Waals surface area (Å²) in [4.78, 5) is 14.2. The predicted octanol–water partition coefficient (Wildman–Crippen LogP) is 3.69. The summed E-state index contributed by atoms with van der Waals surface area (Å²) < 4.78 is 38.4. The second-order valence-electron chi connectivity index (χ2n) is 7.92. The van der Waals surface area contributed by atoms with E-state index in [0.29, 0.717) is 26.9 Å². The summed E-state index contributed by atoms with van der Waals surface area (Å²) in [5, 5.41) is 7.60. The van der Waals surface area contributed by atoms with Crippen molar-refractivity contribution < 1.29 is 22.7 Å². The zero-order chi connectivity index (χ0) is 25.7. The van der Waals surface area contributed by atoms with Gasteiger partial charge < -0.3 is 15.2 Å². The molecule has 0 aliphatic heterocycles. The van der Waals surface area contributed by atoms with E-state index >= 15 is 0 Å². The molecule has 1 amide bonds. The van der Waals surface area contributed by atoms with Crippen LogP contribution in [0.2, 0.25) is 0 Å². The van der Waals surface area contributed by atoms with E-state index in [4.69, 9.17) is 15.2 Å². The number of hydrogen-bond donors (Lipinski definition) is 1. The van der Waals surface area contributed by atoms with Gasteiger partial charge in [-0.25, -0.2) is 4.79 Å². The number of ether oxygens (including phenoxy) is 2. The highest BCUT2D eigenvalue weighted by atomic mass is 32.2. The summed E-state index contributed by atoms with van der Waals surface area (Å²) in [6.45, 7) is 1.50. The number of benzene rings is 3. The third-order valence-electron chi connectivity index (χ3n) is 5.30. The van der Waals surface area contributed by atoms with Gasteiger partial charge in [-0.1, -0.05) is 60.2 Å². The second kappa shape index (κ2) is 10.5. The van der Waals surface area contributed by atoms with Crippen LogP contribution in [0.5, 0.6) is 5.75 Å². The first-order chi connectivity index (χ1) is 17.3. The summed E-state index contributed by atoms with van der Waals surface area (Å²) >= 11 is 0. The number of carbonyl (C=O) groups excluding carboxylic acids is 1. The van der Waals surface area contributed by atoms with Crippen molar-refractivity contribution in [3.8, 4) is 11.4 Å². The van der Waals surface area contributed by atoms with E-state index in [-0.39, 0.29) is 19.0 Å². The summed E-state index contributed by atoms with van der Waals surface area (Å²) in [6.07, 6.45) is -1.07.